The highest BCUT2D eigenvalue weighted by Crippen LogP contribution is 2.21. The van der Waals surface area contributed by atoms with Gasteiger partial charge in [0.1, 0.15) is 5.75 Å². The van der Waals surface area contributed by atoms with Gasteiger partial charge in [0, 0.05) is 11.4 Å². The van der Waals surface area contributed by atoms with Gasteiger partial charge in [0.15, 0.2) is 0 Å². The molecule has 0 atom stereocenters. The van der Waals surface area contributed by atoms with Crippen LogP contribution in [-0.4, -0.2) is 17.1 Å². The summed E-state index contributed by atoms with van der Waals surface area (Å²) in [5, 5.41) is 3.20. The minimum absolute atomic E-state index is 0.686. The number of imidazole rings is 1. The van der Waals surface area contributed by atoms with E-state index in [9.17, 15) is 0 Å². The standard InChI is InChI=1S/C14H14N4O/c1-19-11-5-3-10(4-6-11)16-14-17-12-7-2-9(15)8-13(12)18-14/h2-8H,15H2,1H3,(H2,16,17,18). The van der Waals surface area contributed by atoms with Crippen LogP contribution in [0.3, 0.4) is 0 Å². The number of anilines is 3. The van der Waals surface area contributed by atoms with E-state index in [2.05, 4.69) is 15.3 Å². The van der Waals surface area contributed by atoms with E-state index in [0.717, 1.165) is 22.5 Å². The molecule has 5 heteroatoms. The van der Waals surface area contributed by atoms with Crippen molar-refractivity contribution in [1.29, 1.82) is 0 Å². The Balaban J connectivity index is 1.87. The average molecular weight is 254 g/mol. The van der Waals surface area contributed by atoms with Gasteiger partial charge < -0.3 is 20.8 Å². The van der Waals surface area contributed by atoms with E-state index >= 15 is 0 Å². The number of fused-ring (bicyclic) bond motifs is 1. The van der Waals surface area contributed by atoms with E-state index < -0.39 is 0 Å². The van der Waals surface area contributed by atoms with Crippen LogP contribution in [0, 0.1) is 0 Å². The number of ether oxygens (including phenoxy) is 1. The zero-order chi connectivity index (χ0) is 13.2. The minimum Gasteiger partial charge on any atom is -0.497 e. The fourth-order valence-electron chi connectivity index (χ4n) is 1.90. The van der Waals surface area contributed by atoms with E-state index in [4.69, 9.17) is 10.5 Å². The van der Waals surface area contributed by atoms with Gasteiger partial charge in [-0.15, -0.1) is 0 Å². The zero-order valence-electron chi connectivity index (χ0n) is 10.5. The Bertz CT molecular complexity index is 703. The van der Waals surface area contributed by atoms with Crippen LogP contribution in [0.15, 0.2) is 42.5 Å². The normalized spacial score (nSPS) is 10.6. The minimum atomic E-state index is 0.686. The van der Waals surface area contributed by atoms with Crippen LogP contribution in [0.4, 0.5) is 17.3 Å². The van der Waals surface area contributed by atoms with Crippen LogP contribution in [0.2, 0.25) is 0 Å². The highest BCUT2D eigenvalue weighted by Gasteiger charge is 2.03. The van der Waals surface area contributed by atoms with E-state index in [-0.39, 0.29) is 0 Å². The molecule has 0 saturated heterocycles. The molecule has 2 aromatic carbocycles. The van der Waals surface area contributed by atoms with Gasteiger partial charge in [0.25, 0.3) is 0 Å². The fourth-order valence-corrected chi connectivity index (χ4v) is 1.90. The first kappa shape index (κ1) is 11.4. The monoisotopic (exact) mass is 254 g/mol. The van der Waals surface area contributed by atoms with E-state index in [0.29, 0.717) is 11.6 Å². The first-order valence-corrected chi connectivity index (χ1v) is 5.91. The maximum atomic E-state index is 5.74. The molecule has 0 aliphatic rings. The lowest BCUT2D eigenvalue weighted by Gasteiger charge is -2.03. The molecule has 0 bridgehead atoms. The number of rotatable bonds is 3. The van der Waals surface area contributed by atoms with Crippen LogP contribution < -0.4 is 15.8 Å². The molecule has 4 N–H and O–H groups in total. The first-order valence-electron chi connectivity index (χ1n) is 5.91. The van der Waals surface area contributed by atoms with Crippen LogP contribution >= 0.6 is 0 Å². The van der Waals surface area contributed by atoms with Crippen LogP contribution in [0.1, 0.15) is 0 Å². The molecule has 1 aromatic heterocycles. The first-order chi connectivity index (χ1) is 9.24. The number of aromatic amines is 1. The average Bonchev–Trinajstić information content (AvgIpc) is 2.81. The molecule has 0 unspecified atom stereocenters. The van der Waals surface area contributed by atoms with Gasteiger partial charge in [0.2, 0.25) is 5.95 Å². The summed E-state index contributed by atoms with van der Waals surface area (Å²) in [4.78, 5) is 7.62. The van der Waals surface area contributed by atoms with Gasteiger partial charge in [-0.1, -0.05) is 0 Å². The third-order valence-corrected chi connectivity index (χ3v) is 2.86. The summed E-state index contributed by atoms with van der Waals surface area (Å²) in [6.45, 7) is 0. The Kier molecular flexibility index (Phi) is 2.72. The van der Waals surface area contributed by atoms with Crippen molar-refractivity contribution in [2.24, 2.45) is 0 Å². The van der Waals surface area contributed by atoms with Crippen LogP contribution in [0.5, 0.6) is 5.75 Å². The van der Waals surface area contributed by atoms with Crippen LogP contribution in [0.25, 0.3) is 11.0 Å². The highest BCUT2D eigenvalue weighted by molar-refractivity contribution is 5.81. The molecule has 0 saturated carbocycles. The summed E-state index contributed by atoms with van der Waals surface area (Å²) in [6, 6.07) is 13.2. The lowest BCUT2D eigenvalue weighted by Crippen LogP contribution is -1.92. The molecule has 5 nitrogen and oxygen atoms in total. The Labute approximate surface area is 110 Å². The molecule has 0 aliphatic heterocycles. The number of hydrogen-bond acceptors (Lipinski definition) is 4. The molecular weight excluding hydrogens is 240 g/mol. The van der Waals surface area contributed by atoms with Gasteiger partial charge in [-0.05, 0) is 42.5 Å². The van der Waals surface area contributed by atoms with Crippen molar-refractivity contribution >= 4 is 28.4 Å². The predicted molar refractivity (Wildman–Crippen MR) is 76.8 cm³/mol. The fraction of sp³-hybridized carbons (Fsp3) is 0.0714. The smallest absolute Gasteiger partial charge is 0.205 e. The SMILES string of the molecule is COc1ccc(Nc2nc3ccc(N)cc3[nH]2)cc1. The van der Waals surface area contributed by atoms with Crippen LogP contribution in [-0.2, 0) is 0 Å². The Morgan fingerprint density at radius 3 is 2.68 bits per heavy atom. The highest BCUT2D eigenvalue weighted by atomic mass is 16.5. The Morgan fingerprint density at radius 1 is 1.16 bits per heavy atom. The van der Waals surface area contributed by atoms with Crippen molar-refractivity contribution in [1.82, 2.24) is 9.97 Å². The number of aromatic nitrogens is 2. The molecule has 0 aliphatic carbocycles. The molecular formula is C14H14N4O. The predicted octanol–water partition coefficient (Wildman–Crippen LogP) is 2.90. The number of methoxy groups -OCH3 is 1. The topological polar surface area (TPSA) is 76.0 Å². The Morgan fingerprint density at radius 2 is 1.95 bits per heavy atom. The van der Waals surface area contributed by atoms with E-state index in [1.807, 2.05) is 42.5 Å². The van der Waals surface area contributed by atoms with Crippen molar-refractivity contribution in [3.05, 3.63) is 42.5 Å². The number of nitrogen functional groups attached to an aromatic ring is 1. The zero-order valence-corrected chi connectivity index (χ0v) is 10.5. The number of nitrogens with two attached hydrogens (primary N) is 1. The lowest BCUT2D eigenvalue weighted by molar-refractivity contribution is 0.415. The maximum Gasteiger partial charge on any atom is 0.205 e. The maximum absolute atomic E-state index is 5.74. The van der Waals surface area contributed by atoms with Crippen molar-refractivity contribution in [3.63, 3.8) is 0 Å². The molecule has 19 heavy (non-hydrogen) atoms. The number of nitrogens with one attached hydrogen (secondary N) is 2. The molecule has 0 radical (unpaired) electrons. The second kappa shape index (κ2) is 4.53. The van der Waals surface area contributed by atoms with Crippen molar-refractivity contribution in [2.75, 3.05) is 18.2 Å². The van der Waals surface area contributed by atoms with Crippen molar-refractivity contribution < 1.29 is 4.74 Å². The quantitative estimate of drug-likeness (QED) is 0.628. The number of benzene rings is 2. The van der Waals surface area contributed by atoms with E-state index in [1.165, 1.54) is 0 Å². The van der Waals surface area contributed by atoms with E-state index in [1.54, 1.807) is 7.11 Å². The molecule has 96 valence electrons. The lowest BCUT2D eigenvalue weighted by atomic mass is 10.3. The van der Waals surface area contributed by atoms with Gasteiger partial charge in [-0.3, -0.25) is 0 Å². The molecule has 3 aromatic rings. The van der Waals surface area contributed by atoms with Gasteiger partial charge in [0.05, 0.1) is 18.1 Å². The largest absolute Gasteiger partial charge is 0.497 e. The molecule has 3 rings (SSSR count). The van der Waals surface area contributed by atoms with Gasteiger partial charge in [-0.25, -0.2) is 4.98 Å². The third-order valence-electron chi connectivity index (χ3n) is 2.86. The summed E-state index contributed by atoms with van der Waals surface area (Å²) < 4.78 is 5.12. The summed E-state index contributed by atoms with van der Waals surface area (Å²) in [7, 11) is 1.64. The summed E-state index contributed by atoms with van der Waals surface area (Å²) in [5.41, 5.74) is 9.18. The molecule has 0 fully saturated rings. The second-order valence-corrected chi connectivity index (χ2v) is 4.22. The van der Waals surface area contributed by atoms with Crippen molar-refractivity contribution in [2.45, 2.75) is 0 Å². The number of hydrogen-bond donors (Lipinski definition) is 3. The third kappa shape index (κ3) is 2.30. The number of nitrogens with zero attached hydrogens (tertiary/aromatic N) is 1. The van der Waals surface area contributed by atoms with Gasteiger partial charge >= 0.3 is 0 Å². The molecule has 0 amide bonds. The second-order valence-electron chi connectivity index (χ2n) is 4.22. The van der Waals surface area contributed by atoms with Gasteiger partial charge in [-0.2, -0.15) is 0 Å². The summed E-state index contributed by atoms with van der Waals surface area (Å²) in [6.07, 6.45) is 0. The molecule has 1 heterocycles. The Hall–Kier alpha value is -2.69. The summed E-state index contributed by atoms with van der Waals surface area (Å²) in [5.74, 6) is 1.51. The summed E-state index contributed by atoms with van der Waals surface area (Å²) >= 11 is 0. The number of H-pyrrole nitrogens is 1. The van der Waals surface area contributed by atoms with Crippen molar-refractivity contribution in [3.8, 4) is 5.75 Å². The molecule has 0 spiro atoms.